The fourth-order valence-corrected chi connectivity index (χ4v) is 3.13. The molecule has 0 bridgehead atoms. The summed E-state index contributed by atoms with van der Waals surface area (Å²) >= 11 is 0. The Labute approximate surface area is 178 Å². The number of rotatable bonds is 8. The van der Waals surface area contributed by atoms with E-state index in [2.05, 4.69) is 10.6 Å². The minimum Gasteiger partial charge on any atom is -0.482 e. The first-order valence-corrected chi connectivity index (χ1v) is 9.75. The van der Waals surface area contributed by atoms with E-state index >= 15 is 0 Å². The van der Waals surface area contributed by atoms with E-state index < -0.39 is 10.8 Å². The van der Waals surface area contributed by atoms with Crippen LogP contribution in [-0.2, 0) is 20.8 Å². The van der Waals surface area contributed by atoms with E-state index in [-0.39, 0.29) is 42.6 Å². The molecule has 2 aromatic rings. The third-order valence-corrected chi connectivity index (χ3v) is 4.60. The molecular formula is C21H22N4O6. The van der Waals surface area contributed by atoms with Crippen LogP contribution in [0.1, 0.15) is 18.9 Å². The van der Waals surface area contributed by atoms with Crippen LogP contribution in [0, 0.1) is 10.1 Å². The highest BCUT2D eigenvalue weighted by atomic mass is 16.6. The highest BCUT2D eigenvalue weighted by Gasteiger charge is 2.28. The van der Waals surface area contributed by atoms with E-state index in [1.807, 2.05) is 6.92 Å². The smallest absolute Gasteiger partial charge is 0.273 e. The van der Waals surface area contributed by atoms with Crippen LogP contribution in [0.15, 0.2) is 42.5 Å². The summed E-state index contributed by atoms with van der Waals surface area (Å²) in [6.07, 6.45) is 0.585. The molecule has 3 amide bonds. The average Bonchev–Trinajstić information content (AvgIpc) is 2.74. The molecule has 162 valence electrons. The highest BCUT2D eigenvalue weighted by molar-refractivity contribution is 6.03. The number of nitrogens with one attached hydrogen (secondary N) is 2. The molecule has 0 atom stereocenters. The van der Waals surface area contributed by atoms with E-state index in [9.17, 15) is 24.5 Å². The molecule has 3 rings (SSSR count). The highest BCUT2D eigenvalue weighted by Crippen LogP contribution is 2.34. The monoisotopic (exact) mass is 426 g/mol. The molecule has 0 spiro atoms. The number of nitrogens with zero attached hydrogens (tertiary/aromatic N) is 2. The zero-order chi connectivity index (χ0) is 22.4. The normalized spacial score (nSPS) is 12.5. The third-order valence-electron chi connectivity index (χ3n) is 4.60. The van der Waals surface area contributed by atoms with E-state index in [1.54, 1.807) is 18.2 Å². The molecule has 2 N–H and O–H groups in total. The largest absolute Gasteiger partial charge is 0.482 e. The summed E-state index contributed by atoms with van der Waals surface area (Å²) in [6, 6.07) is 10.8. The fraction of sp³-hybridized carbons (Fsp3) is 0.286. The number of ether oxygens (including phenoxy) is 1. The summed E-state index contributed by atoms with van der Waals surface area (Å²) in [4.78, 5) is 48.8. The summed E-state index contributed by atoms with van der Waals surface area (Å²) in [5.41, 5.74) is 0.896. The van der Waals surface area contributed by atoms with Crippen molar-refractivity contribution in [1.82, 2.24) is 5.32 Å². The van der Waals surface area contributed by atoms with Crippen LogP contribution < -0.4 is 20.3 Å². The minimum atomic E-state index is -0.536. The van der Waals surface area contributed by atoms with Gasteiger partial charge in [-0.05, 0) is 24.6 Å². The van der Waals surface area contributed by atoms with Gasteiger partial charge in [0, 0.05) is 23.9 Å². The lowest BCUT2D eigenvalue weighted by molar-refractivity contribution is -0.385. The van der Waals surface area contributed by atoms with Crippen LogP contribution in [0.25, 0.3) is 0 Å². The van der Waals surface area contributed by atoms with E-state index in [4.69, 9.17) is 4.74 Å². The van der Waals surface area contributed by atoms with Crippen molar-refractivity contribution in [2.75, 3.05) is 29.9 Å². The molecule has 0 saturated carbocycles. The van der Waals surface area contributed by atoms with E-state index in [0.717, 1.165) is 6.42 Å². The Morgan fingerprint density at radius 1 is 1.19 bits per heavy atom. The number of carbonyl (C=O) groups is 3. The number of amides is 3. The molecule has 10 nitrogen and oxygen atoms in total. The van der Waals surface area contributed by atoms with Crippen LogP contribution in [0.3, 0.4) is 0 Å². The molecule has 1 aliphatic rings. The fourth-order valence-electron chi connectivity index (χ4n) is 3.13. The second-order valence-corrected chi connectivity index (χ2v) is 6.91. The Morgan fingerprint density at radius 2 is 1.97 bits per heavy atom. The minimum absolute atomic E-state index is 0.133. The van der Waals surface area contributed by atoms with Gasteiger partial charge in [-0.1, -0.05) is 25.1 Å². The maximum Gasteiger partial charge on any atom is 0.273 e. The van der Waals surface area contributed by atoms with Gasteiger partial charge in [0.15, 0.2) is 6.61 Å². The third kappa shape index (κ3) is 5.35. The Balaban J connectivity index is 1.75. The number of anilines is 2. The molecule has 1 heterocycles. The molecule has 0 radical (unpaired) electrons. The van der Waals surface area contributed by atoms with Crippen molar-refractivity contribution in [3.63, 3.8) is 0 Å². The number of hydrogen-bond acceptors (Lipinski definition) is 6. The predicted octanol–water partition coefficient (Wildman–Crippen LogP) is 2.03. The van der Waals surface area contributed by atoms with Gasteiger partial charge in [-0.15, -0.1) is 0 Å². The van der Waals surface area contributed by atoms with Crippen molar-refractivity contribution in [3.8, 4) is 5.75 Å². The van der Waals surface area contributed by atoms with Crippen LogP contribution in [0.5, 0.6) is 5.75 Å². The predicted molar refractivity (Wildman–Crippen MR) is 113 cm³/mol. The van der Waals surface area contributed by atoms with Gasteiger partial charge in [0.1, 0.15) is 12.3 Å². The second-order valence-electron chi connectivity index (χ2n) is 6.91. The lowest BCUT2D eigenvalue weighted by atomic mass is 10.1. The van der Waals surface area contributed by atoms with Gasteiger partial charge in [0.2, 0.25) is 11.8 Å². The lowest BCUT2D eigenvalue weighted by Gasteiger charge is -2.29. The maximum atomic E-state index is 12.5. The first kappa shape index (κ1) is 21.8. The van der Waals surface area contributed by atoms with Crippen LogP contribution >= 0.6 is 0 Å². The van der Waals surface area contributed by atoms with Crippen LogP contribution in [0.4, 0.5) is 17.1 Å². The Bertz CT molecular complexity index is 1020. The molecule has 0 fully saturated rings. The number of carbonyl (C=O) groups excluding carboxylic acids is 3. The first-order valence-electron chi connectivity index (χ1n) is 9.75. The van der Waals surface area contributed by atoms with Crippen molar-refractivity contribution in [3.05, 3.63) is 58.1 Å². The SMILES string of the molecule is CCCNC(=O)CN1C(=O)COc2ccc(NC(=O)Cc3ccccc3[N+](=O)[O-])cc21. The van der Waals surface area contributed by atoms with Gasteiger partial charge in [0.05, 0.1) is 17.0 Å². The van der Waals surface area contributed by atoms with Crippen LogP contribution in [-0.4, -0.2) is 42.3 Å². The first-order chi connectivity index (χ1) is 14.9. The van der Waals surface area contributed by atoms with E-state index in [0.29, 0.717) is 23.7 Å². The van der Waals surface area contributed by atoms with Gasteiger partial charge in [-0.25, -0.2) is 0 Å². The number of fused-ring (bicyclic) bond motifs is 1. The molecule has 2 aromatic carbocycles. The zero-order valence-corrected chi connectivity index (χ0v) is 16.9. The van der Waals surface area contributed by atoms with Gasteiger partial charge in [0.25, 0.3) is 11.6 Å². The summed E-state index contributed by atoms with van der Waals surface area (Å²) in [5, 5.41) is 16.5. The Kier molecular flexibility index (Phi) is 6.81. The standard InChI is InChI=1S/C21H22N4O6/c1-2-9-22-20(27)12-24-17-11-15(7-8-18(17)31-13-21(24)28)23-19(26)10-14-5-3-4-6-16(14)25(29)30/h3-8,11H,2,9-10,12-13H2,1H3,(H,22,27)(H,23,26). The number of hydrogen-bond donors (Lipinski definition) is 2. The molecule has 1 aliphatic heterocycles. The summed E-state index contributed by atoms with van der Waals surface area (Å²) in [6.45, 7) is 2.08. The molecule has 31 heavy (non-hydrogen) atoms. The van der Waals surface area contributed by atoms with Crippen molar-refractivity contribution in [2.45, 2.75) is 19.8 Å². The van der Waals surface area contributed by atoms with Crippen molar-refractivity contribution in [2.24, 2.45) is 0 Å². The number of para-hydroxylation sites is 1. The lowest BCUT2D eigenvalue weighted by Crippen LogP contribution is -2.45. The summed E-state index contributed by atoms with van der Waals surface area (Å²) in [7, 11) is 0. The molecule has 0 saturated heterocycles. The van der Waals surface area contributed by atoms with Gasteiger partial charge >= 0.3 is 0 Å². The van der Waals surface area contributed by atoms with Crippen molar-refractivity contribution in [1.29, 1.82) is 0 Å². The number of nitro benzene ring substituents is 1. The maximum absolute atomic E-state index is 12.5. The van der Waals surface area contributed by atoms with E-state index in [1.165, 1.54) is 29.2 Å². The molecule has 0 unspecified atom stereocenters. The molecular weight excluding hydrogens is 404 g/mol. The molecule has 0 aliphatic carbocycles. The van der Waals surface area contributed by atoms with Crippen LogP contribution in [0.2, 0.25) is 0 Å². The number of benzene rings is 2. The second kappa shape index (κ2) is 9.70. The molecule has 10 heteroatoms. The average molecular weight is 426 g/mol. The quantitative estimate of drug-likeness (QED) is 0.491. The topological polar surface area (TPSA) is 131 Å². The van der Waals surface area contributed by atoms with Gasteiger partial charge < -0.3 is 15.4 Å². The summed E-state index contributed by atoms with van der Waals surface area (Å²) in [5.74, 6) is -0.708. The zero-order valence-electron chi connectivity index (χ0n) is 16.9. The Morgan fingerprint density at radius 3 is 2.71 bits per heavy atom. The summed E-state index contributed by atoms with van der Waals surface area (Å²) < 4.78 is 5.42. The Hall–Kier alpha value is -3.95. The van der Waals surface area contributed by atoms with Gasteiger partial charge in [-0.2, -0.15) is 0 Å². The number of nitro groups is 1. The molecule has 0 aromatic heterocycles. The van der Waals surface area contributed by atoms with Crippen molar-refractivity contribution < 1.29 is 24.0 Å². The van der Waals surface area contributed by atoms with Crippen molar-refractivity contribution >= 4 is 34.8 Å². The van der Waals surface area contributed by atoms with Gasteiger partial charge in [-0.3, -0.25) is 29.4 Å².